The molecular formula is C12H10FN3O2. The van der Waals surface area contributed by atoms with Gasteiger partial charge in [-0.1, -0.05) is 6.07 Å². The molecule has 0 bridgehead atoms. The number of benzene rings is 1. The van der Waals surface area contributed by atoms with Crippen molar-refractivity contribution < 1.29 is 14.0 Å². The summed E-state index contributed by atoms with van der Waals surface area (Å²) in [5.74, 6) is -0.878. The van der Waals surface area contributed by atoms with E-state index in [1.165, 1.54) is 4.90 Å². The van der Waals surface area contributed by atoms with E-state index in [-0.39, 0.29) is 6.54 Å². The van der Waals surface area contributed by atoms with E-state index in [0.717, 1.165) is 10.9 Å². The zero-order valence-electron chi connectivity index (χ0n) is 9.31. The number of carbonyl (C=O) groups excluding carboxylic acids is 2. The number of urea groups is 1. The Morgan fingerprint density at radius 1 is 1.28 bits per heavy atom. The Bertz CT molecular complexity index is 637. The summed E-state index contributed by atoms with van der Waals surface area (Å²) in [6.45, 7) is -0.253. The van der Waals surface area contributed by atoms with Gasteiger partial charge in [0.1, 0.15) is 0 Å². The molecule has 1 aliphatic heterocycles. The minimum Gasteiger partial charge on any atom is -0.361 e. The topological polar surface area (TPSA) is 65.2 Å². The quantitative estimate of drug-likeness (QED) is 0.803. The van der Waals surface area contributed by atoms with Gasteiger partial charge in [0.25, 0.3) is 5.91 Å². The first-order chi connectivity index (χ1) is 8.65. The first-order valence-corrected chi connectivity index (χ1v) is 5.49. The number of alkyl halides is 1. The van der Waals surface area contributed by atoms with Crippen LogP contribution in [-0.2, 0) is 4.79 Å². The predicted molar refractivity (Wildman–Crippen MR) is 64.1 cm³/mol. The van der Waals surface area contributed by atoms with Crippen LogP contribution in [0.15, 0.2) is 30.5 Å². The van der Waals surface area contributed by atoms with Gasteiger partial charge in [-0.15, -0.1) is 0 Å². The number of nitrogens with zero attached hydrogens (tertiary/aromatic N) is 1. The summed E-state index contributed by atoms with van der Waals surface area (Å²) in [7, 11) is 0. The zero-order valence-corrected chi connectivity index (χ0v) is 9.31. The van der Waals surface area contributed by atoms with Gasteiger partial charge in [0, 0.05) is 17.4 Å². The third-order valence-electron chi connectivity index (χ3n) is 2.95. The fourth-order valence-electron chi connectivity index (χ4n) is 2.00. The molecule has 0 spiro atoms. The molecule has 0 radical (unpaired) electrons. The van der Waals surface area contributed by atoms with E-state index in [4.69, 9.17) is 0 Å². The molecule has 1 aromatic carbocycles. The number of anilines is 1. The molecule has 6 heteroatoms. The molecule has 3 amide bonds. The van der Waals surface area contributed by atoms with E-state index in [1.807, 2.05) is 17.4 Å². The van der Waals surface area contributed by atoms with Crippen LogP contribution in [0.3, 0.4) is 0 Å². The maximum absolute atomic E-state index is 13.3. The van der Waals surface area contributed by atoms with Crippen LogP contribution < -0.4 is 10.2 Å². The normalized spacial score (nSPS) is 20.3. The van der Waals surface area contributed by atoms with Crippen LogP contribution in [0.4, 0.5) is 14.9 Å². The van der Waals surface area contributed by atoms with Crippen molar-refractivity contribution in [3.05, 3.63) is 30.5 Å². The molecule has 5 nitrogen and oxygen atoms in total. The Hall–Kier alpha value is -2.37. The largest absolute Gasteiger partial charge is 0.361 e. The Morgan fingerprint density at radius 2 is 2.11 bits per heavy atom. The smallest absolute Gasteiger partial charge is 0.328 e. The van der Waals surface area contributed by atoms with Crippen LogP contribution in [-0.4, -0.2) is 29.6 Å². The number of carbonyl (C=O) groups is 2. The lowest BCUT2D eigenvalue weighted by Crippen LogP contribution is -2.55. The molecule has 3 rings (SSSR count). The Kier molecular flexibility index (Phi) is 2.29. The van der Waals surface area contributed by atoms with Crippen LogP contribution in [0.2, 0.25) is 0 Å². The highest BCUT2D eigenvalue weighted by molar-refractivity contribution is 6.07. The zero-order chi connectivity index (χ0) is 12.7. The number of fused-ring (bicyclic) bond motifs is 1. The van der Waals surface area contributed by atoms with Crippen molar-refractivity contribution in [3.8, 4) is 0 Å². The number of halogens is 1. The number of nitrogens with one attached hydrogen (secondary N) is 2. The maximum atomic E-state index is 13.3. The third-order valence-corrected chi connectivity index (χ3v) is 2.95. The van der Waals surface area contributed by atoms with E-state index in [1.54, 1.807) is 18.3 Å². The Labute approximate surface area is 102 Å². The van der Waals surface area contributed by atoms with Crippen molar-refractivity contribution in [2.75, 3.05) is 11.4 Å². The minimum atomic E-state index is -1.69. The van der Waals surface area contributed by atoms with Gasteiger partial charge in [0.15, 0.2) is 6.17 Å². The molecule has 1 aromatic heterocycles. The van der Waals surface area contributed by atoms with E-state index < -0.39 is 18.1 Å². The summed E-state index contributed by atoms with van der Waals surface area (Å²) in [6, 6.07) is 6.60. The second-order valence-corrected chi connectivity index (χ2v) is 4.12. The molecule has 1 unspecified atom stereocenters. The highest BCUT2D eigenvalue weighted by atomic mass is 19.1. The molecule has 92 valence electrons. The maximum Gasteiger partial charge on any atom is 0.328 e. The SMILES string of the molecule is O=C1NC(=O)N(c2ccc3cc[nH]c3c2)CC1F. The fourth-order valence-corrected chi connectivity index (χ4v) is 2.00. The van der Waals surface area contributed by atoms with E-state index in [9.17, 15) is 14.0 Å². The number of rotatable bonds is 1. The van der Waals surface area contributed by atoms with Crippen LogP contribution in [0.25, 0.3) is 10.9 Å². The number of aromatic amines is 1. The number of H-pyrrole nitrogens is 1. The van der Waals surface area contributed by atoms with Crippen molar-refractivity contribution in [1.29, 1.82) is 0 Å². The number of aromatic nitrogens is 1. The first kappa shape index (κ1) is 10.8. The van der Waals surface area contributed by atoms with Gasteiger partial charge in [-0.05, 0) is 23.6 Å². The lowest BCUT2D eigenvalue weighted by molar-refractivity contribution is -0.125. The standard InChI is InChI=1S/C12H10FN3O2/c13-9-6-16(12(18)15-11(9)17)8-2-1-7-3-4-14-10(7)5-8/h1-5,9,14H,6H2,(H,15,17,18). The van der Waals surface area contributed by atoms with Gasteiger partial charge in [-0.25, -0.2) is 9.18 Å². The molecule has 0 saturated carbocycles. The summed E-state index contributed by atoms with van der Waals surface area (Å²) in [5.41, 5.74) is 1.41. The summed E-state index contributed by atoms with van der Waals surface area (Å²) < 4.78 is 13.3. The number of hydrogen-bond donors (Lipinski definition) is 2. The van der Waals surface area contributed by atoms with E-state index in [0.29, 0.717) is 5.69 Å². The molecule has 0 aliphatic carbocycles. The highest BCUT2D eigenvalue weighted by Crippen LogP contribution is 2.23. The average Bonchev–Trinajstić information content (AvgIpc) is 2.80. The number of amides is 3. The molecule has 2 N–H and O–H groups in total. The minimum absolute atomic E-state index is 0.253. The van der Waals surface area contributed by atoms with Gasteiger partial charge in [-0.2, -0.15) is 0 Å². The number of hydrogen-bond acceptors (Lipinski definition) is 2. The van der Waals surface area contributed by atoms with Gasteiger partial charge in [0.2, 0.25) is 0 Å². The Balaban J connectivity index is 1.98. The third kappa shape index (κ3) is 1.62. The van der Waals surface area contributed by atoms with Gasteiger partial charge < -0.3 is 4.98 Å². The molecule has 18 heavy (non-hydrogen) atoms. The molecule has 1 atom stereocenters. The summed E-state index contributed by atoms with van der Waals surface area (Å²) in [5, 5.41) is 2.99. The fraction of sp³-hybridized carbons (Fsp3) is 0.167. The summed E-state index contributed by atoms with van der Waals surface area (Å²) in [4.78, 5) is 26.9. The van der Waals surface area contributed by atoms with Gasteiger partial charge in [0.05, 0.1) is 6.54 Å². The lowest BCUT2D eigenvalue weighted by Gasteiger charge is -2.28. The van der Waals surface area contributed by atoms with Gasteiger partial charge in [-0.3, -0.25) is 15.0 Å². The summed E-state index contributed by atoms with van der Waals surface area (Å²) >= 11 is 0. The second kappa shape index (κ2) is 3.83. The lowest BCUT2D eigenvalue weighted by atomic mass is 10.2. The van der Waals surface area contributed by atoms with Crippen molar-refractivity contribution in [2.24, 2.45) is 0 Å². The molecule has 2 aromatic rings. The predicted octanol–water partition coefficient (Wildman–Crippen LogP) is 1.56. The van der Waals surface area contributed by atoms with Crippen molar-refractivity contribution in [1.82, 2.24) is 10.3 Å². The summed E-state index contributed by atoms with van der Waals surface area (Å²) in [6.07, 6.45) is 0.0914. The van der Waals surface area contributed by atoms with Crippen molar-refractivity contribution >= 4 is 28.5 Å². The molecular weight excluding hydrogens is 237 g/mol. The molecule has 2 heterocycles. The Morgan fingerprint density at radius 3 is 2.94 bits per heavy atom. The van der Waals surface area contributed by atoms with E-state index >= 15 is 0 Å². The van der Waals surface area contributed by atoms with Gasteiger partial charge >= 0.3 is 6.03 Å². The van der Waals surface area contributed by atoms with Crippen LogP contribution in [0.5, 0.6) is 0 Å². The van der Waals surface area contributed by atoms with Crippen molar-refractivity contribution in [2.45, 2.75) is 6.17 Å². The second-order valence-electron chi connectivity index (χ2n) is 4.12. The number of imide groups is 1. The van der Waals surface area contributed by atoms with Crippen molar-refractivity contribution in [3.63, 3.8) is 0 Å². The van der Waals surface area contributed by atoms with E-state index in [2.05, 4.69) is 4.98 Å². The van der Waals surface area contributed by atoms with Crippen LogP contribution in [0, 0.1) is 0 Å². The molecule has 1 saturated heterocycles. The highest BCUT2D eigenvalue weighted by Gasteiger charge is 2.32. The molecule has 1 aliphatic rings. The van der Waals surface area contributed by atoms with Crippen LogP contribution >= 0.6 is 0 Å². The monoisotopic (exact) mass is 247 g/mol. The molecule has 1 fully saturated rings. The average molecular weight is 247 g/mol. The van der Waals surface area contributed by atoms with Crippen LogP contribution in [0.1, 0.15) is 0 Å². The first-order valence-electron chi connectivity index (χ1n) is 5.49.